The molecular weight excluding hydrogens is 200 g/mol. The van der Waals surface area contributed by atoms with E-state index in [0.29, 0.717) is 12.6 Å². The number of aromatic nitrogens is 3. The van der Waals surface area contributed by atoms with Crippen LogP contribution in [0.5, 0.6) is 0 Å². The molecule has 2 rings (SSSR count). The molecule has 1 aromatic heterocycles. The zero-order valence-corrected chi connectivity index (χ0v) is 9.37. The van der Waals surface area contributed by atoms with Gasteiger partial charge in [-0.1, -0.05) is 35.5 Å². The zero-order chi connectivity index (χ0) is 11.4. The van der Waals surface area contributed by atoms with Gasteiger partial charge in [0.2, 0.25) is 0 Å². The van der Waals surface area contributed by atoms with E-state index in [9.17, 15) is 0 Å². The number of benzene rings is 1. The van der Waals surface area contributed by atoms with Crippen molar-refractivity contribution in [3.63, 3.8) is 0 Å². The Balaban J connectivity index is 2.05. The highest BCUT2D eigenvalue weighted by Crippen LogP contribution is 2.12. The first kappa shape index (κ1) is 10.8. The minimum absolute atomic E-state index is 0.301. The standard InChI is InChI=1S/C12H16N4/c1-10(7-11-5-3-2-4-6-11)16-9-12(8-13)14-15-16/h2-6,9-10H,7-8,13H2,1H3/t10-/m0/s1. The van der Waals surface area contributed by atoms with Gasteiger partial charge in [0.15, 0.2) is 0 Å². The van der Waals surface area contributed by atoms with E-state index in [1.165, 1.54) is 5.56 Å². The van der Waals surface area contributed by atoms with Crippen LogP contribution in [0.4, 0.5) is 0 Å². The summed E-state index contributed by atoms with van der Waals surface area (Å²) in [5, 5.41) is 8.06. The second-order valence-corrected chi connectivity index (χ2v) is 3.93. The van der Waals surface area contributed by atoms with E-state index >= 15 is 0 Å². The maximum absolute atomic E-state index is 5.50. The molecule has 0 aliphatic rings. The molecule has 1 aromatic carbocycles. The molecule has 0 spiro atoms. The number of rotatable bonds is 4. The summed E-state index contributed by atoms with van der Waals surface area (Å²) >= 11 is 0. The fourth-order valence-electron chi connectivity index (χ4n) is 1.67. The summed E-state index contributed by atoms with van der Waals surface area (Å²) < 4.78 is 1.87. The maximum Gasteiger partial charge on any atom is 0.0962 e. The van der Waals surface area contributed by atoms with Crippen LogP contribution >= 0.6 is 0 Å². The highest BCUT2D eigenvalue weighted by atomic mass is 15.4. The van der Waals surface area contributed by atoms with Gasteiger partial charge in [0, 0.05) is 6.54 Å². The van der Waals surface area contributed by atoms with Crippen LogP contribution in [0.15, 0.2) is 36.5 Å². The van der Waals surface area contributed by atoms with Gasteiger partial charge >= 0.3 is 0 Å². The Morgan fingerprint density at radius 1 is 1.31 bits per heavy atom. The highest BCUT2D eigenvalue weighted by molar-refractivity contribution is 5.15. The minimum Gasteiger partial charge on any atom is -0.325 e. The van der Waals surface area contributed by atoms with Crippen molar-refractivity contribution < 1.29 is 0 Å². The summed E-state index contributed by atoms with van der Waals surface area (Å²) in [4.78, 5) is 0. The molecule has 84 valence electrons. The third-order valence-corrected chi connectivity index (χ3v) is 2.59. The zero-order valence-electron chi connectivity index (χ0n) is 9.37. The first-order valence-corrected chi connectivity index (χ1v) is 5.44. The molecule has 4 heteroatoms. The molecule has 0 saturated heterocycles. The van der Waals surface area contributed by atoms with Gasteiger partial charge in [-0.05, 0) is 18.9 Å². The van der Waals surface area contributed by atoms with Gasteiger partial charge in [-0.3, -0.25) is 0 Å². The summed E-state index contributed by atoms with van der Waals surface area (Å²) in [6, 6.07) is 10.7. The molecule has 0 aliphatic heterocycles. The molecule has 0 bridgehead atoms. The van der Waals surface area contributed by atoms with Crippen LogP contribution in [-0.4, -0.2) is 15.0 Å². The lowest BCUT2D eigenvalue weighted by atomic mass is 10.1. The molecule has 0 unspecified atom stereocenters. The lowest BCUT2D eigenvalue weighted by molar-refractivity contribution is 0.474. The van der Waals surface area contributed by atoms with Crippen LogP contribution in [0.2, 0.25) is 0 Å². The van der Waals surface area contributed by atoms with Crippen molar-refractivity contribution in [2.24, 2.45) is 5.73 Å². The van der Waals surface area contributed by atoms with Crippen LogP contribution in [-0.2, 0) is 13.0 Å². The van der Waals surface area contributed by atoms with E-state index < -0.39 is 0 Å². The average molecular weight is 216 g/mol. The normalized spacial score (nSPS) is 12.6. The third kappa shape index (κ3) is 2.46. The molecule has 0 fully saturated rings. The van der Waals surface area contributed by atoms with Crippen molar-refractivity contribution in [1.29, 1.82) is 0 Å². The van der Waals surface area contributed by atoms with Crippen LogP contribution in [0.1, 0.15) is 24.2 Å². The van der Waals surface area contributed by atoms with Crippen LogP contribution in [0.3, 0.4) is 0 Å². The van der Waals surface area contributed by atoms with Gasteiger partial charge in [0.05, 0.1) is 17.9 Å². The molecule has 2 N–H and O–H groups in total. The smallest absolute Gasteiger partial charge is 0.0962 e. The first-order chi connectivity index (χ1) is 7.79. The molecule has 0 radical (unpaired) electrons. The third-order valence-electron chi connectivity index (χ3n) is 2.59. The first-order valence-electron chi connectivity index (χ1n) is 5.44. The van der Waals surface area contributed by atoms with Crippen molar-refractivity contribution in [2.75, 3.05) is 0 Å². The van der Waals surface area contributed by atoms with Crippen molar-refractivity contribution in [2.45, 2.75) is 25.9 Å². The summed E-state index contributed by atoms with van der Waals surface area (Å²) in [7, 11) is 0. The van der Waals surface area contributed by atoms with Gasteiger partial charge in [0.1, 0.15) is 0 Å². The van der Waals surface area contributed by atoms with Crippen molar-refractivity contribution in [3.8, 4) is 0 Å². The fraction of sp³-hybridized carbons (Fsp3) is 0.333. The Bertz CT molecular complexity index is 435. The summed E-state index contributed by atoms with van der Waals surface area (Å²) in [5.41, 5.74) is 7.64. The molecule has 0 saturated carbocycles. The summed E-state index contributed by atoms with van der Waals surface area (Å²) in [6.45, 7) is 2.57. The van der Waals surface area contributed by atoms with Gasteiger partial charge < -0.3 is 5.73 Å². The fourth-order valence-corrected chi connectivity index (χ4v) is 1.67. The number of hydrogen-bond acceptors (Lipinski definition) is 3. The lowest BCUT2D eigenvalue weighted by Gasteiger charge is -2.10. The Morgan fingerprint density at radius 3 is 2.69 bits per heavy atom. The molecule has 1 atom stereocenters. The van der Waals surface area contributed by atoms with Gasteiger partial charge in [-0.25, -0.2) is 4.68 Å². The molecule has 2 aromatic rings. The number of nitrogens with two attached hydrogens (primary N) is 1. The SMILES string of the molecule is C[C@@H](Cc1ccccc1)n1cc(CN)nn1. The van der Waals surface area contributed by atoms with E-state index in [0.717, 1.165) is 12.1 Å². The summed E-state index contributed by atoms with van der Waals surface area (Å²) in [5.74, 6) is 0. The Hall–Kier alpha value is -1.68. The van der Waals surface area contributed by atoms with Crippen molar-refractivity contribution in [3.05, 3.63) is 47.8 Å². The summed E-state index contributed by atoms with van der Waals surface area (Å²) in [6.07, 6.45) is 2.86. The van der Waals surface area contributed by atoms with Crippen LogP contribution in [0, 0.1) is 0 Å². The second-order valence-electron chi connectivity index (χ2n) is 3.93. The maximum atomic E-state index is 5.50. The highest BCUT2D eigenvalue weighted by Gasteiger charge is 2.07. The number of nitrogens with zero attached hydrogens (tertiary/aromatic N) is 3. The van der Waals surface area contributed by atoms with Gasteiger partial charge in [-0.15, -0.1) is 5.10 Å². The Kier molecular flexibility index (Phi) is 3.31. The van der Waals surface area contributed by atoms with Crippen molar-refractivity contribution in [1.82, 2.24) is 15.0 Å². The Labute approximate surface area is 95.1 Å². The lowest BCUT2D eigenvalue weighted by Crippen LogP contribution is -2.09. The van der Waals surface area contributed by atoms with Crippen LogP contribution in [0.25, 0.3) is 0 Å². The minimum atomic E-state index is 0.301. The second kappa shape index (κ2) is 4.90. The largest absolute Gasteiger partial charge is 0.325 e. The molecule has 16 heavy (non-hydrogen) atoms. The van der Waals surface area contributed by atoms with Crippen LogP contribution < -0.4 is 5.73 Å². The van der Waals surface area contributed by atoms with Gasteiger partial charge in [0.25, 0.3) is 0 Å². The molecule has 0 amide bonds. The van der Waals surface area contributed by atoms with E-state index in [2.05, 4.69) is 41.5 Å². The van der Waals surface area contributed by atoms with E-state index in [-0.39, 0.29) is 0 Å². The van der Waals surface area contributed by atoms with Gasteiger partial charge in [-0.2, -0.15) is 0 Å². The topological polar surface area (TPSA) is 56.7 Å². The quantitative estimate of drug-likeness (QED) is 0.843. The monoisotopic (exact) mass is 216 g/mol. The Morgan fingerprint density at radius 2 is 2.06 bits per heavy atom. The average Bonchev–Trinajstić information content (AvgIpc) is 2.79. The molecular formula is C12H16N4. The number of hydrogen-bond donors (Lipinski definition) is 1. The van der Waals surface area contributed by atoms with E-state index in [1.807, 2.05) is 16.9 Å². The predicted octanol–water partition coefficient (Wildman–Crippen LogP) is 1.54. The molecule has 1 heterocycles. The van der Waals surface area contributed by atoms with Crippen molar-refractivity contribution >= 4 is 0 Å². The molecule has 0 aliphatic carbocycles. The predicted molar refractivity (Wildman–Crippen MR) is 62.8 cm³/mol. The van der Waals surface area contributed by atoms with E-state index in [1.54, 1.807) is 0 Å². The van der Waals surface area contributed by atoms with E-state index in [4.69, 9.17) is 5.73 Å². The molecule has 4 nitrogen and oxygen atoms in total.